The molecule has 1 amide bonds. The van der Waals surface area contributed by atoms with E-state index in [0.29, 0.717) is 5.56 Å². The molecule has 0 saturated heterocycles. The summed E-state index contributed by atoms with van der Waals surface area (Å²) in [5, 5.41) is 3.29. The van der Waals surface area contributed by atoms with Crippen LogP contribution in [0.25, 0.3) is 5.57 Å². The third-order valence-electron chi connectivity index (χ3n) is 3.26. The highest BCUT2D eigenvalue weighted by Crippen LogP contribution is 2.30. The van der Waals surface area contributed by atoms with Crippen molar-refractivity contribution in [1.29, 1.82) is 0 Å². The first kappa shape index (κ1) is 13.6. The summed E-state index contributed by atoms with van der Waals surface area (Å²) in [6.45, 7) is 1.87. The van der Waals surface area contributed by atoms with Crippen LogP contribution in [0.1, 0.15) is 22.3 Å². The van der Waals surface area contributed by atoms with E-state index in [9.17, 15) is 4.79 Å². The summed E-state index contributed by atoms with van der Waals surface area (Å²) in [4.78, 5) is 13.5. The van der Waals surface area contributed by atoms with E-state index in [0.717, 1.165) is 30.8 Å². The molecule has 0 saturated carbocycles. The molecule has 0 fully saturated rings. The quantitative estimate of drug-likeness (QED) is 0.900. The number of hydrogen-bond acceptors (Lipinski definition) is 3. The summed E-state index contributed by atoms with van der Waals surface area (Å²) >= 11 is 0. The van der Waals surface area contributed by atoms with Gasteiger partial charge in [0.25, 0.3) is 5.91 Å². The second-order valence-electron chi connectivity index (χ2n) is 4.80. The van der Waals surface area contributed by atoms with Crippen molar-refractivity contribution in [3.05, 3.63) is 35.4 Å². The van der Waals surface area contributed by atoms with Gasteiger partial charge < -0.3 is 15.0 Å². The van der Waals surface area contributed by atoms with Gasteiger partial charge >= 0.3 is 0 Å². The predicted molar refractivity (Wildman–Crippen MR) is 76.5 cm³/mol. The lowest BCUT2D eigenvalue weighted by Gasteiger charge is -2.18. The Labute approximate surface area is 114 Å². The first-order valence-electron chi connectivity index (χ1n) is 6.43. The molecule has 1 aromatic rings. The van der Waals surface area contributed by atoms with E-state index >= 15 is 0 Å². The van der Waals surface area contributed by atoms with Gasteiger partial charge in [-0.3, -0.25) is 4.79 Å². The average molecular weight is 260 g/mol. The van der Waals surface area contributed by atoms with Crippen molar-refractivity contribution in [1.82, 2.24) is 10.2 Å². The number of methoxy groups -OCH3 is 1. The second kappa shape index (κ2) is 5.89. The van der Waals surface area contributed by atoms with Gasteiger partial charge in [-0.1, -0.05) is 12.1 Å². The van der Waals surface area contributed by atoms with Crippen LogP contribution in [0.5, 0.6) is 5.75 Å². The number of carbonyl (C=O) groups excluding carboxylic acids is 1. The summed E-state index contributed by atoms with van der Waals surface area (Å²) in [5.74, 6) is 0.755. The Hall–Kier alpha value is -1.81. The van der Waals surface area contributed by atoms with Crippen LogP contribution in [0.15, 0.2) is 24.3 Å². The highest BCUT2D eigenvalue weighted by atomic mass is 16.5. The normalized spacial score (nSPS) is 14.8. The molecule has 1 aromatic carbocycles. The standard InChI is InChI=1S/C15H20N2O2/c1-17(2)15(18)12-4-5-13(14(10-12)19-3)11-6-8-16-9-7-11/h4-6,10,16H,7-9H2,1-3H3. The Morgan fingerprint density at radius 3 is 2.74 bits per heavy atom. The fourth-order valence-electron chi connectivity index (χ4n) is 2.21. The maximum atomic E-state index is 11.9. The van der Waals surface area contributed by atoms with Crippen molar-refractivity contribution in [3.8, 4) is 5.75 Å². The summed E-state index contributed by atoms with van der Waals surface area (Å²) in [6, 6.07) is 5.66. The highest BCUT2D eigenvalue weighted by molar-refractivity contribution is 5.95. The van der Waals surface area contributed by atoms with Gasteiger partial charge in [0, 0.05) is 31.8 Å². The summed E-state index contributed by atoms with van der Waals surface area (Å²) in [6.07, 6.45) is 3.16. The number of nitrogens with zero attached hydrogens (tertiary/aromatic N) is 1. The lowest BCUT2D eigenvalue weighted by atomic mass is 9.97. The molecule has 0 aromatic heterocycles. The zero-order chi connectivity index (χ0) is 13.8. The van der Waals surface area contributed by atoms with Crippen LogP contribution in [0.4, 0.5) is 0 Å². The fraction of sp³-hybridized carbons (Fsp3) is 0.400. The van der Waals surface area contributed by atoms with Crippen LogP contribution in [0, 0.1) is 0 Å². The molecule has 102 valence electrons. The molecule has 1 N–H and O–H groups in total. The van der Waals surface area contributed by atoms with Crippen molar-refractivity contribution in [2.24, 2.45) is 0 Å². The molecule has 4 nitrogen and oxygen atoms in total. The minimum atomic E-state index is -0.0101. The molecule has 2 rings (SSSR count). The molecule has 0 bridgehead atoms. The first-order valence-corrected chi connectivity index (χ1v) is 6.43. The summed E-state index contributed by atoms with van der Waals surface area (Å²) in [7, 11) is 5.14. The van der Waals surface area contributed by atoms with E-state index in [1.165, 1.54) is 5.57 Å². The third-order valence-corrected chi connectivity index (χ3v) is 3.26. The fourth-order valence-corrected chi connectivity index (χ4v) is 2.21. The maximum absolute atomic E-state index is 11.9. The van der Waals surface area contributed by atoms with Gasteiger partial charge in [0.05, 0.1) is 7.11 Å². The Morgan fingerprint density at radius 1 is 1.37 bits per heavy atom. The van der Waals surface area contributed by atoms with E-state index in [1.54, 1.807) is 26.1 Å². The Balaban J connectivity index is 2.36. The topological polar surface area (TPSA) is 41.6 Å². The van der Waals surface area contributed by atoms with Crippen LogP contribution >= 0.6 is 0 Å². The van der Waals surface area contributed by atoms with E-state index in [1.807, 2.05) is 18.2 Å². The SMILES string of the molecule is COc1cc(C(=O)N(C)C)ccc1C1=CCNCC1. The monoisotopic (exact) mass is 260 g/mol. The van der Waals surface area contributed by atoms with E-state index in [4.69, 9.17) is 4.74 Å². The second-order valence-corrected chi connectivity index (χ2v) is 4.80. The maximum Gasteiger partial charge on any atom is 0.253 e. The smallest absolute Gasteiger partial charge is 0.253 e. The lowest BCUT2D eigenvalue weighted by Crippen LogP contribution is -2.22. The summed E-state index contributed by atoms with van der Waals surface area (Å²) < 4.78 is 5.44. The molecular weight excluding hydrogens is 240 g/mol. The minimum Gasteiger partial charge on any atom is -0.496 e. The number of hydrogen-bond donors (Lipinski definition) is 1. The Bertz CT molecular complexity index is 507. The minimum absolute atomic E-state index is 0.0101. The number of ether oxygens (including phenoxy) is 1. The van der Waals surface area contributed by atoms with Gasteiger partial charge in [0.15, 0.2) is 0 Å². The van der Waals surface area contributed by atoms with Crippen LogP contribution in [0.3, 0.4) is 0 Å². The first-order chi connectivity index (χ1) is 9.13. The van der Waals surface area contributed by atoms with Gasteiger partial charge in [-0.2, -0.15) is 0 Å². The lowest BCUT2D eigenvalue weighted by molar-refractivity contribution is 0.0827. The van der Waals surface area contributed by atoms with E-state index < -0.39 is 0 Å². The van der Waals surface area contributed by atoms with Crippen LogP contribution in [-0.2, 0) is 0 Å². The molecule has 19 heavy (non-hydrogen) atoms. The molecule has 1 aliphatic rings. The molecule has 4 heteroatoms. The number of rotatable bonds is 3. The molecule has 0 atom stereocenters. The summed E-state index contributed by atoms with van der Waals surface area (Å²) in [5.41, 5.74) is 3.01. The molecule has 0 aliphatic carbocycles. The van der Waals surface area contributed by atoms with Crippen molar-refractivity contribution < 1.29 is 9.53 Å². The average Bonchev–Trinajstić information content (AvgIpc) is 2.46. The van der Waals surface area contributed by atoms with Gasteiger partial charge in [-0.05, 0) is 30.7 Å². The number of amides is 1. The van der Waals surface area contributed by atoms with E-state index in [2.05, 4.69) is 11.4 Å². The van der Waals surface area contributed by atoms with Crippen molar-refractivity contribution in [2.75, 3.05) is 34.3 Å². The Morgan fingerprint density at radius 2 is 2.16 bits per heavy atom. The molecular formula is C15H20N2O2. The molecule has 0 radical (unpaired) electrons. The van der Waals surface area contributed by atoms with Crippen LogP contribution in [-0.4, -0.2) is 45.1 Å². The number of carbonyl (C=O) groups is 1. The van der Waals surface area contributed by atoms with Crippen molar-refractivity contribution >= 4 is 11.5 Å². The van der Waals surface area contributed by atoms with Crippen LogP contribution in [0.2, 0.25) is 0 Å². The third kappa shape index (κ3) is 2.96. The number of nitrogens with one attached hydrogen (secondary N) is 1. The zero-order valence-electron chi connectivity index (χ0n) is 11.7. The molecule has 0 unspecified atom stereocenters. The highest BCUT2D eigenvalue weighted by Gasteiger charge is 2.15. The molecule has 0 spiro atoms. The number of benzene rings is 1. The van der Waals surface area contributed by atoms with E-state index in [-0.39, 0.29) is 5.91 Å². The van der Waals surface area contributed by atoms with Crippen molar-refractivity contribution in [2.45, 2.75) is 6.42 Å². The largest absolute Gasteiger partial charge is 0.496 e. The van der Waals surface area contributed by atoms with Gasteiger partial charge in [0.2, 0.25) is 0 Å². The zero-order valence-corrected chi connectivity index (χ0v) is 11.7. The van der Waals surface area contributed by atoms with Crippen LogP contribution < -0.4 is 10.1 Å². The van der Waals surface area contributed by atoms with Gasteiger partial charge in [0.1, 0.15) is 5.75 Å². The molecule has 1 aliphatic heterocycles. The molecule has 1 heterocycles. The predicted octanol–water partition coefficient (Wildman–Crippen LogP) is 1.77. The van der Waals surface area contributed by atoms with Crippen molar-refractivity contribution in [3.63, 3.8) is 0 Å². The Kier molecular flexibility index (Phi) is 4.22. The van der Waals surface area contributed by atoms with Gasteiger partial charge in [-0.15, -0.1) is 0 Å². The van der Waals surface area contributed by atoms with Gasteiger partial charge in [-0.25, -0.2) is 0 Å².